The Kier molecular flexibility index (Phi) is 9.41. The van der Waals surface area contributed by atoms with Crippen LogP contribution in [0.25, 0.3) is 0 Å². The average molecular weight is 580 g/mol. The molecule has 1 aliphatic carbocycles. The Morgan fingerprint density at radius 2 is 1.88 bits per heavy atom. The van der Waals surface area contributed by atoms with Gasteiger partial charge in [-0.1, -0.05) is 12.8 Å². The van der Waals surface area contributed by atoms with E-state index < -0.39 is 30.2 Å². The maximum atomic E-state index is 15.2. The van der Waals surface area contributed by atoms with Crippen molar-refractivity contribution in [1.82, 2.24) is 20.2 Å². The number of nitrogens with one attached hydrogen (secondary N) is 3. The molecule has 2 aromatic rings. The number of carboxylic acids is 1. The lowest BCUT2D eigenvalue weighted by Crippen LogP contribution is -2.48. The molecule has 2 fully saturated rings. The van der Waals surface area contributed by atoms with Crippen LogP contribution in [0.1, 0.15) is 55.3 Å². The molecule has 224 valence electrons. The van der Waals surface area contributed by atoms with Crippen LogP contribution in [-0.4, -0.2) is 84.3 Å². The second-order valence-corrected chi connectivity index (χ2v) is 10.4. The smallest absolute Gasteiger partial charge is 0.376 e. The van der Waals surface area contributed by atoms with Crippen molar-refractivity contribution < 1.29 is 32.6 Å². The lowest BCUT2D eigenvalue weighted by atomic mass is 10.1. The molecule has 41 heavy (non-hydrogen) atoms. The summed E-state index contributed by atoms with van der Waals surface area (Å²) in [5, 5.41) is 17.7. The van der Waals surface area contributed by atoms with Crippen LogP contribution < -0.4 is 25.6 Å². The Hall–Kier alpha value is -3.81. The molecule has 14 heteroatoms. The van der Waals surface area contributed by atoms with Gasteiger partial charge in [0, 0.05) is 19.2 Å². The van der Waals surface area contributed by atoms with Crippen LogP contribution >= 0.6 is 0 Å². The number of hydrogen-bond donors (Lipinski definition) is 4. The number of amides is 1. The van der Waals surface area contributed by atoms with E-state index in [1.807, 2.05) is 11.9 Å². The van der Waals surface area contributed by atoms with E-state index in [0.29, 0.717) is 18.5 Å². The minimum absolute atomic E-state index is 0.0561. The molecule has 4 rings (SSSR count). The van der Waals surface area contributed by atoms with E-state index in [0.717, 1.165) is 44.7 Å². The predicted octanol–water partition coefficient (Wildman–Crippen LogP) is 4.05. The van der Waals surface area contributed by atoms with Crippen molar-refractivity contribution in [3.63, 3.8) is 0 Å². The number of aliphatic carboxylic acids is 1. The summed E-state index contributed by atoms with van der Waals surface area (Å²) in [6.07, 6.45) is 6.77. The van der Waals surface area contributed by atoms with Crippen molar-refractivity contribution in [2.75, 3.05) is 49.8 Å². The van der Waals surface area contributed by atoms with E-state index >= 15 is 4.39 Å². The third-order valence-electron chi connectivity index (χ3n) is 7.61. The van der Waals surface area contributed by atoms with Gasteiger partial charge in [-0.2, -0.15) is 13.8 Å². The summed E-state index contributed by atoms with van der Waals surface area (Å²) in [5.41, 5.74) is 0.242. The number of likely N-dealkylation sites (tertiary alicyclic amines) is 1. The number of nitrogens with zero attached hydrogens (tertiary/aromatic N) is 4. The molecule has 0 spiro atoms. The maximum Gasteiger partial charge on any atom is 0.376 e. The summed E-state index contributed by atoms with van der Waals surface area (Å²) >= 11 is 0. The van der Waals surface area contributed by atoms with Gasteiger partial charge in [0.1, 0.15) is 11.6 Å². The number of methoxy groups -OCH3 is 1. The Bertz CT molecular complexity index is 1260. The van der Waals surface area contributed by atoms with Crippen LogP contribution in [0.5, 0.6) is 5.75 Å². The molecule has 2 heterocycles. The summed E-state index contributed by atoms with van der Waals surface area (Å²) in [5.74, 6) is -7.44. The third-order valence-corrected chi connectivity index (χ3v) is 7.61. The van der Waals surface area contributed by atoms with Gasteiger partial charge in [-0.15, -0.1) is 0 Å². The van der Waals surface area contributed by atoms with Crippen LogP contribution in [0.2, 0.25) is 0 Å². The molecular formula is C27H36F3N7O4. The first-order chi connectivity index (χ1) is 19.5. The third kappa shape index (κ3) is 6.92. The number of ether oxygens (including phenoxy) is 1. The number of benzene rings is 1. The van der Waals surface area contributed by atoms with Crippen LogP contribution in [0.4, 0.5) is 36.3 Å². The highest BCUT2D eigenvalue weighted by atomic mass is 19.3. The standard InChI is InChI=1S/C27H36F3N7O4/c1-31-20-14-32-26(35-23(20)37(16-8-4-5-9-16)15-27(29,30)25(39)40)33-19-13-18(28)17(12-21(19)41-3)24(38)34-22-10-6-7-11-36(22)2/h12-14,16,22,31H,4-11,15H2,1-3H3,(H,34,38)(H,39,40)(H,32,33,35). The number of halogens is 3. The zero-order valence-corrected chi connectivity index (χ0v) is 23.3. The first kappa shape index (κ1) is 30.2. The number of carboxylic acid groups (broad SMARTS) is 1. The van der Waals surface area contributed by atoms with E-state index in [1.54, 1.807) is 7.05 Å². The fraction of sp³-hybridized carbons (Fsp3) is 0.556. The van der Waals surface area contributed by atoms with Gasteiger partial charge in [0.15, 0.2) is 5.82 Å². The first-order valence-corrected chi connectivity index (χ1v) is 13.6. The van der Waals surface area contributed by atoms with Crippen molar-refractivity contribution in [2.24, 2.45) is 0 Å². The fourth-order valence-electron chi connectivity index (χ4n) is 5.30. The molecule has 4 N–H and O–H groups in total. The lowest BCUT2D eigenvalue weighted by molar-refractivity contribution is -0.163. The number of aromatic nitrogens is 2. The van der Waals surface area contributed by atoms with Crippen molar-refractivity contribution in [2.45, 2.75) is 63.1 Å². The molecule has 1 unspecified atom stereocenters. The summed E-state index contributed by atoms with van der Waals surface area (Å²) in [6.45, 7) is -0.240. The predicted molar refractivity (Wildman–Crippen MR) is 148 cm³/mol. The Morgan fingerprint density at radius 1 is 1.17 bits per heavy atom. The van der Waals surface area contributed by atoms with Crippen molar-refractivity contribution in [1.29, 1.82) is 0 Å². The number of carbonyl (C=O) groups is 2. The first-order valence-electron chi connectivity index (χ1n) is 13.6. The molecule has 1 aromatic heterocycles. The Morgan fingerprint density at radius 3 is 2.51 bits per heavy atom. The highest BCUT2D eigenvalue weighted by molar-refractivity contribution is 5.96. The summed E-state index contributed by atoms with van der Waals surface area (Å²) in [7, 11) is 4.84. The second kappa shape index (κ2) is 12.8. The molecular weight excluding hydrogens is 543 g/mol. The number of piperidine rings is 1. The number of carbonyl (C=O) groups excluding carboxylic acids is 1. The average Bonchev–Trinajstić information content (AvgIpc) is 3.48. The van der Waals surface area contributed by atoms with Gasteiger partial charge in [0.05, 0.1) is 43.0 Å². The van der Waals surface area contributed by atoms with Gasteiger partial charge in [-0.3, -0.25) is 9.69 Å². The largest absolute Gasteiger partial charge is 0.495 e. The summed E-state index contributed by atoms with van der Waals surface area (Å²) in [4.78, 5) is 36.1. The molecule has 0 bridgehead atoms. The Balaban J connectivity index is 1.63. The molecule has 2 aliphatic rings. The quantitative estimate of drug-likeness (QED) is 0.309. The van der Waals surface area contributed by atoms with E-state index in [4.69, 9.17) is 9.84 Å². The minimum atomic E-state index is -4.01. The van der Waals surface area contributed by atoms with Crippen LogP contribution in [0, 0.1) is 5.82 Å². The molecule has 1 aromatic carbocycles. The van der Waals surface area contributed by atoms with Crippen molar-refractivity contribution in [3.8, 4) is 5.75 Å². The van der Waals surface area contributed by atoms with Gasteiger partial charge in [-0.05, 0) is 51.8 Å². The number of anilines is 4. The van der Waals surface area contributed by atoms with E-state index in [2.05, 4.69) is 25.9 Å². The summed E-state index contributed by atoms with van der Waals surface area (Å²) < 4.78 is 49.4. The Labute approximate surface area is 236 Å². The highest BCUT2D eigenvalue weighted by Crippen LogP contribution is 2.36. The highest BCUT2D eigenvalue weighted by Gasteiger charge is 2.43. The van der Waals surface area contributed by atoms with E-state index in [9.17, 15) is 18.4 Å². The number of rotatable bonds is 11. The topological polar surface area (TPSA) is 132 Å². The zero-order chi connectivity index (χ0) is 29.7. The molecule has 0 radical (unpaired) electrons. The van der Waals surface area contributed by atoms with Crippen LogP contribution in [-0.2, 0) is 4.79 Å². The van der Waals surface area contributed by atoms with Crippen LogP contribution in [0.3, 0.4) is 0 Å². The SMILES string of the molecule is CNc1cnc(Nc2cc(F)c(C(=O)NC3CCCCN3C)cc2OC)nc1N(CC(F)(F)C(=O)O)C1CCCC1. The number of hydrogen-bond acceptors (Lipinski definition) is 9. The van der Waals surface area contributed by atoms with Gasteiger partial charge in [0.2, 0.25) is 5.95 Å². The monoisotopic (exact) mass is 579 g/mol. The van der Waals surface area contributed by atoms with Crippen molar-refractivity contribution in [3.05, 3.63) is 29.7 Å². The van der Waals surface area contributed by atoms with Gasteiger partial charge >= 0.3 is 11.9 Å². The van der Waals surface area contributed by atoms with Crippen molar-refractivity contribution >= 4 is 35.0 Å². The number of alkyl halides is 2. The molecule has 1 aliphatic heterocycles. The van der Waals surface area contributed by atoms with Gasteiger partial charge in [0.25, 0.3) is 5.91 Å². The minimum Gasteiger partial charge on any atom is -0.495 e. The molecule has 1 saturated carbocycles. The van der Waals surface area contributed by atoms with Crippen LogP contribution in [0.15, 0.2) is 18.3 Å². The maximum absolute atomic E-state index is 15.2. The fourth-order valence-corrected chi connectivity index (χ4v) is 5.30. The van der Waals surface area contributed by atoms with E-state index in [1.165, 1.54) is 24.3 Å². The zero-order valence-electron chi connectivity index (χ0n) is 23.3. The lowest BCUT2D eigenvalue weighted by Gasteiger charge is -2.33. The van der Waals surface area contributed by atoms with Gasteiger partial charge in [-0.25, -0.2) is 14.2 Å². The normalized spacial score (nSPS) is 18.1. The van der Waals surface area contributed by atoms with Gasteiger partial charge < -0.3 is 30.7 Å². The second-order valence-electron chi connectivity index (χ2n) is 10.4. The van der Waals surface area contributed by atoms with E-state index in [-0.39, 0.29) is 41.0 Å². The molecule has 1 saturated heterocycles. The molecule has 1 atom stereocenters. The molecule has 11 nitrogen and oxygen atoms in total. The molecule has 1 amide bonds. The summed E-state index contributed by atoms with van der Waals surface area (Å²) in [6, 6.07) is 2.01.